The van der Waals surface area contributed by atoms with Crippen molar-refractivity contribution in [3.63, 3.8) is 0 Å². The zero-order valence-corrected chi connectivity index (χ0v) is 17.8. The standard InChI is InChI=1S/C21H23Cl2N3O3/c1-14(29-19-7-6-16(22)13-18(19)23)20(27)24-17-5-3-4-15(12-17)21(28)26-10-8-25(2)9-11-26/h3-7,12-14H,8-11H2,1-2H3,(H,24,27). The third-order valence-corrected chi connectivity index (χ3v) is 5.26. The highest BCUT2D eigenvalue weighted by atomic mass is 35.5. The number of hydrogen-bond donors (Lipinski definition) is 1. The Kier molecular flexibility index (Phi) is 7.00. The largest absolute Gasteiger partial charge is 0.479 e. The van der Waals surface area contributed by atoms with Crippen LogP contribution < -0.4 is 10.1 Å². The van der Waals surface area contributed by atoms with Gasteiger partial charge in [0.05, 0.1) is 5.02 Å². The molecular formula is C21H23Cl2N3O3. The van der Waals surface area contributed by atoms with Crippen molar-refractivity contribution in [3.05, 3.63) is 58.1 Å². The Morgan fingerprint density at radius 3 is 2.48 bits per heavy atom. The van der Waals surface area contributed by atoms with Crippen molar-refractivity contribution >= 4 is 40.7 Å². The summed E-state index contributed by atoms with van der Waals surface area (Å²) in [5.41, 5.74) is 1.08. The number of carbonyl (C=O) groups is 2. The van der Waals surface area contributed by atoms with E-state index in [9.17, 15) is 9.59 Å². The first-order chi connectivity index (χ1) is 13.8. The minimum Gasteiger partial charge on any atom is -0.479 e. The van der Waals surface area contributed by atoms with Crippen molar-refractivity contribution in [1.82, 2.24) is 9.80 Å². The van der Waals surface area contributed by atoms with Crippen LogP contribution in [-0.4, -0.2) is 60.9 Å². The van der Waals surface area contributed by atoms with Crippen molar-refractivity contribution in [2.45, 2.75) is 13.0 Å². The molecule has 1 unspecified atom stereocenters. The van der Waals surface area contributed by atoms with Gasteiger partial charge < -0.3 is 19.9 Å². The topological polar surface area (TPSA) is 61.9 Å². The first-order valence-corrected chi connectivity index (χ1v) is 10.1. The Morgan fingerprint density at radius 2 is 1.79 bits per heavy atom. The molecule has 1 aliphatic heterocycles. The Morgan fingerprint density at radius 1 is 1.07 bits per heavy atom. The van der Waals surface area contributed by atoms with Gasteiger partial charge >= 0.3 is 0 Å². The molecule has 1 saturated heterocycles. The van der Waals surface area contributed by atoms with Gasteiger partial charge in [0.25, 0.3) is 11.8 Å². The van der Waals surface area contributed by atoms with E-state index in [4.69, 9.17) is 27.9 Å². The monoisotopic (exact) mass is 435 g/mol. The van der Waals surface area contributed by atoms with E-state index < -0.39 is 6.10 Å². The highest BCUT2D eigenvalue weighted by Gasteiger charge is 2.21. The fourth-order valence-corrected chi connectivity index (χ4v) is 3.43. The predicted molar refractivity (Wildman–Crippen MR) is 115 cm³/mol. The van der Waals surface area contributed by atoms with Crippen LogP contribution in [0.15, 0.2) is 42.5 Å². The lowest BCUT2D eigenvalue weighted by atomic mass is 10.1. The fraction of sp³-hybridized carbons (Fsp3) is 0.333. The fourth-order valence-electron chi connectivity index (χ4n) is 2.98. The zero-order chi connectivity index (χ0) is 21.0. The second kappa shape index (κ2) is 9.48. The summed E-state index contributed by atoms with van der Waals surface area (Å²) in [6, 6.07) is 11.7. The molecule has 1 aliphatic rings. The van der Waals surface area contributed by atoms with Crippen molar-refractivity contribution in [3.8, 4) is 5.75 Å². The van der Waals surface area contributed by atoms with Gasteiger partial charge in [-0.15, -0.1) is 0 Å². The van der Waals surface area contributed by atoms with Crippen molar-refractivity contribution in [2.75, 3.05) is 38.5 Å². The van der Waals surface area contributed by atoms with Gasteiger partial charge in [-0.2, -0.15) is 0 Å². The van der Waals surface area contributed by atoms with Crippen LogP contribution >= 0.6 is 23.2 Å². The van der Waals surface area contributed by atoms with E-state index in [2.05, 4.69) is 10.2 Å². The number of nitrogens with one attached hydrogen (secondary N) is 1. The van der Waals surface area contributed by atoms with Gasteiger partial charge in [0.15, 0.2) is 6.10 Å². The molecule has 1 atom stereocenters. The highest BCUT2D eigenvalue weighted by molar-refractivity contribution is 6.35. The van der Waals surface area contributed by atoms with Gasteiger partial charge in [-0.1, -0.05) is 29.3 Å². The SMILES string of the molecule is CC(Oc1ccc(Cl)cc1Cl)C(=O)Nc1cccc(C(=O)N2CCN(C)CC2)c1. The number of carbonyl (C=O) groups excluding carboxylic acids is 2. The van der Waals surface area contributed by atoms with Crippen LogP contribution in [0.5, 0.6) is 5.75 Å². The van der Waals surface area contributed by atoms with Gasteiger partial charge in [-0.3, -0.25) is 9.59 Å². The number of nitrogens with zero attached hydrogens (tertiary/aromatic N) is 2. The van der Waals surface area contributed by atoms with Crippen molar-refractivity contribution < 1.29 is 14.3 Å². The Bertz CT molecular complexity index is 898. The van der Waals surface area contributed by atoms with Crippen LogP contribution in [0.25, 0.3) is 0 Å². The molecule has 2 aromatic carbocycles. The zero-order valence-electron chi connectivity index (χ0n) is 16.3. The molecule has 1 N–H and O–H groups in total. The second-order valence-electron chi connectivity index (χ2n) is 7.00. The molecule has 2 aromatic rings. The molecule has 154 valence electrons. The molecule has 0 saturated carbocycles. The number of anilines is 1. The summed E-state index contributed by atoms with van der Waals surface area (Å²) in [5, 5.41) is 3.60. The van der Waals surface area contributed by atoms with E-state index >= 15 is 0 Å². The molecule has 0 bridgehead atoms. The third kappa shape index (κ3) is 5.63. The first-order valence-electron chi connectivity index (χ1n) is 9.34. The molecule has 3 rings (SSSR count). The Balaban J connectivity index is 1.63. The first kappa shape index (κ1) is 21.4. The summed E-state index contributed by atoms with van der Waals surface area (Å²) in [7, 11) is 2.04. The molecule has 0 aromatic heterocycles. The molecule has 8 heteroatoms. The molecule has 0 spiro atoms. The van der Waals surface area contributed by atoms with Gasteiger partial charge in [0.1, 0.15) is 5.75 Å². The third-order valence-electron chi connectivity index (χ3n) is 4.73. The van der Waals surface area contributed by atoms with E-state index in [-0.39, 0.29) is 11.8 Å². The molecule has 1 fully saturated rings. The number of benzene rings is 2. The summed E-state index contributed by atoms with van der Waals surface area (Å²) < 4.78 is 5.63. The van der Waals surface area contributed by atoms with Gasteiger partial charge in [0, 0.05) is 42.5 Å². The smallest absolute Gasteiger partial charge is 0.265 e. The number of hydrogen-bond acceptors (Lipinski definition) is 4. The van der Waals surface area contributed by atoms with Crippen LogP contribution in [0.3, 0.4) is 0 Å². The number of rotatable bonds is 5. The predicted octanol–water partition coefficient (Wildman–Crippen LogP) is 3.79. The average molecular weight is 436 g/mol. The summed E-state index contributed by atoms with van der Waals surface area (Å²) in [4.78, 5) is 29.3. The maximum Gasteiger partial charge on any atom is 0.265 e. The second-order valence-corrected chi connectivity index (χ2v) is 7.84. The van der Waals surface area contributed by atoms with Crippen LogP contribution in [-0.2, 0) is 4.79 Å². The van der Waals surface area contributed by atoms with Gasteiger partial charge in [0.2, 0.25) is 0 Å². The average Bonchev–Trinajstić information content (AvgIpc) is 2.70. The quantitative estimate of drug-likeness (QED) is 0.775. The van der Waals surface area contributed by atoms with E-state index in [0.717, 1.165) is 13.1 Å². The Hall–Kier alpha value is -2.28. The van der Waals surface area contributed by atoms with E-state index in [1.165, 1.54) is 0 Å². The lowest BCUT2D eigenvalue weighted by Crippen LogP contribution is -2.47. The number of likely N-dealkylation sites (N-methyl/N-ethyl adjacent to an activating group) is 1. The van der Waals surface area contributed by atoms with Crippen LogP contribution in [0.2, 0.25) is 10.0 Å². The number of piperazine rings is 1. The number of halogens is 2. The summed E-state index contributed by atoms with van der Waals surface area (Å²) in [6.07, 6.45) is -0.786. The summed E-state index contributed by atoms with van der Waals surface area (Å²) in [6.45, 7) is 4.71. The highest BCUT2D eigenvalue weighted by Crippen LogP contribution is 2.28. The molecule has 0 radical (unpaired) electrons. The van der Waals surface area contributed by atoms with Crippen LogP contribution in [0, 0.1) is 0 Å². The van der Waals surface area contributed by atoms with Crippen LogP contribution in [0.1, 0.15) is 17.3 Å². The lowest BCUT2D eigenvalue weighted by Gasteiger charge is -2.32. The minimum atomic E-state index is -0.786. The molecule has 6 nitrogen and oxygen atoms in total. The molecule has 2 amide bonds. The molecule has 0 aliphatic carbocycles. The maximum atomic E-state index is 12.7. The molecule has 29 heavy (non-hydrogen) atoms. The van der Waals surface area contributed by atoms with E-state index in [1.807, 2.05) is 11.9 Å². The van der Waals surface area contributed by atoms with Gasteiger partial charge in [-0.25, -0.2) is 0 Å². The van der Waals surface area contributed by atoms with Crippen molar-refractivity contribution in [1.29, 1.82) is 0 Å². The summed E-state index contributed by atoms with van der Waals surface area (Å²) in [5.74, 6) is -0.00984. The number of ether oxygens (including phenoxy) is 1. The van der Waals surface area contributed by atoms with Crippen LogP contribution in [0.4, 0.5) is 5.69 Å². The summed E-state index contributed by atoms with van der Waals surface area (Å²) >= 11 is 12.0. The van der Waals surface area contributed by atoms with Crippen molar-refractivity contribution in [2.24, 2.45) is 0 Å². The van der Waals surface area contributed by atoms with E-state index in [1.54, 1.807) is 49.4 Å². The molecular weight excluding hydrogens is 413 g/mol. The lowest BCUT2D eigenvalue weighted by molar-refractivity contribution is -0.122. The number of amides is 2. The van der Waals surface area contributed by atoms with Gasteiger partial charge in [-0.05, 0) is 50.4 Å². The Labute approximate surface area is 180 Å². The minimum absolute atomic E-state index is 0.0357. The van der Waals surface area contributed by atoms with E-state index in [0.29, 0.717) is 40.1 Å². The normalized spacial score (nSPS) is 15.7. The maximum absolute atomic E-state index is 12.7. The molecule has 1 heterocycles.